The third-order valence-electron chi connectivity index (χ3n) is 9.77. The van der Waals surface area contributed by atoms with Crippen LogP contribution in [-0.2, 0) is 0 Å². The molecule has 0 aliphatic heterocycles. The molecule has 6 saturated carbocycles. The highest BCUT2D eigenvalue weighted by atomic mass is 14.5. The predicted molar refractivity (Wildman–Crippen MR) is 118 cm³/mol. The summed E-state index contributed by atoms with van der Waals surface area (Å²) in [4.78, 5) is 0. The Hall–Kier alpha value is 0. The van der Waals surface area contributed by atoms with E-state index in [-0.39, 0.29) is 0 Å². The largest absolute Gasteiger partial charge is 0.0654 e. The summed E-state index contributed by atoms with van der Waals surface area (Å²) in [7, 11) is 0. The Morgan fingerprint density at radius 2 is 1.04 bits per heavy atom. The summed E-state index contributed by atoms with van der Waals surface area (Å²) in [5, 5.41) is 0. The van der Waals surface area contributed by atoms with Crippen LogP contribution in [0.3, 0.4) is 0 Å². The number of rotatable bonds is 11. The molecule has 0 spiro atoms. The minimum Gasteiger partial charge on any atom is -0.0654 e. The molecule has 6 aliphatic carbocycles. The molecule has 6 aliphatic rings. The Kier molecular flexibility index (Phi) is 7.63. The summed E-state index contributed by atoms with van der Waals surface area (Å²) in [6, 6.07) is 0. The van der Waals surface area contributed by atoms with Crippen LogP contribution in [0.15, 0.2) is 0 Å². The highest BCUT2D eigenvalue weighted by Gasteiger charge is 2.42. The minimum atomic E-state index is 1.12. The van der Waals surface area contributed by atoms with Gasteiger partial charge in [0.2, 0.25) is 0 Å². The summed E-state index contributed by atoms with van der Waals surface area (Å²) in [6.07, 6.45) is 29.6. The van der Waals surface area contributed by atoms with Crippen molar-refractivity contribution in [3.63, 3.8) is 0 Å². The molecule has 0 nitrogen and oxygen atoms in total. The van der Waals surface area contributed by atoms with E-state index in [1.807, 2.05) is 0 Å². The van der Waals surface area contributed by atoms with Crippen LogP contribution in [0.2, 0.25) is 0 Å². The van der Waals surface area contributed by atoms with Gasteiger partial charge in [-0.25, -0.2) is 0 Å². The second kappa shape index (κ2) is 10.2. The molecule has 4 bridgehead atoms. The third-order valence-corrected chi connectivity index (χ3v) is 9.77. The van der Waals surface area contributed by atoms with Crippen molar-refractivity contribution in [2.75, 3.05) is 0 Å². The van der Waals surface area contributed by atoms with Crippen LogP contribution >= 0.6 is 0 Å². The van der Waals surface area contributed by atoms with E-state index in [4.69, 9.17) is 0 Å². The monoisotopic (exact) mass is 372 g/mol. The highest BCUT2D eigenvalue weighted by molar-refractivity contribution is 4.92. The summed E-state index contributed by atoms with van der Waals surface area (Å²) < 4.78 is 0. The molecule has 0 saturated heterocycles. The van der Waals surface area contributed by atoms with Gasteiger partial charge in [0.15, 0.2) is 0 Å². The Balaban J connectivity index is 1.13. The fraction of sp³-hybridized carbons (Fsp3) is 1.00. The molecule has 0 radical (unpaired) electrons. The molecule has 6 rings (SSSR count). The maximum absolute atomic E-state index is 2.36. The Labute approximate surface area is 170 Å². The van der Waals surface area contributed by atoms with Crippen LogP contribution in [0.5, 0.6) is 0 Å². The molecule has 3 atom stereocenters. The number of unbranched alkanes of at least 4 members (excludes halogenated alkanes) is 5. The van der Waals surface area contributed by atoms with E-state index in [1.165, 1.54) is 32.1 Å². The van der Waals surface area contributed by atoms with E-state index in [9.17, 15) is 0 Å². The van der Waals surface area contributed by atoms with Crippen molar-refractivity contribution >= 4 is 0 Å². The molecular weight excluding hydrogens is 324 g/mol. The van der Waals surface area contributed by atoms with Gasteiger partial charge in [0, 0.05) is 0 Å². The molecule has 0 aromatic heterocycles. The lowest BCUT2D eigenvalue weighted by atomic mass is 9.56. The van der Waals surface area contributed by atoms with Gasteiger partial charge in [-0.3, -0.25) is 0 Å². The smallest absolute Gasteiger partial charge is 0.0355 e. The highest BCUT2D eigenvalue weighted by Crippen LogP contribution is 2.52. The summed E-state index contributed by atoms with van der Waals surface area (Å²) >= 11 is 0. The normalized spacial score (nSPS) is 40.6. The quantitative estimate of drug-likeness (QED) is 0.318. The van der Waals surface area contributed by atoms with Crippen molar-refractivity contribution in [1.82, 2.24) is 0 Å². The van der Waals surface area contributed by atoms with E-state index in [1.54, 1.807) is 89.9 Å². The Morgan fingerprint density at radius 3 is 1.56 bits per heavy atom. The van der Waals surface area contributed by atoms with Crippen LogP contribution in [0.1, 0.15) is 129 Å². The molecule has 27 heavy (non-hydrogen) atoms. The first kappa shape index (κ1) is 20.3. The number of fused-ring (bicyclic) bond motifs is 6. The molecule has 6 fully saturated rings. The molecule has 0 aromatic carbocycles. The summed E-state index contributed by atoms with van der Waals surface area (Å²) in [5.41, 5.74) is 0. The van der Waals surface area contributed by atoms with Crippen molar-refractivity contribution in [3.05, 3.63) is 0 Å². The molecule has 0 N–H and O–H groups in total. The van der Waals surface area contributed by atoms with Gasteiger partial charge in [-0.2, -0.15) is 0 Å². The number of hydrogen-bond donors (Lipinski definition) is 0. The molecule has 0 heterocycles. The van der Waals surface area contributed by atoms with Gasteiger partial charge in [-0.1, -0.05) is 71.1 Å². The maximum Gasteiger partial charge on any atom is -0.0355 e. The summed E-state index contributed by atoms with van der Waals surface area (Å²) in [5.74, 6) is 7.90. The average Bonchev–Trinajstić information content (AvgIpc) is 2.73. The van der Waals surface area contributed by atoms with Crippen molar-refractivity contribution in [3.8, 4) is 0 Å². The van der Waals surface area contributed by atoms with Crippen molar-refractivity contribution in [2.24, 2.45) is 41.4 Å². The van der Waals surface area contributed by atoms with Crippen molar-refractivity contribution < 1.29 is 0 Å². The molecule has 156 valence electrons. The molecule has 3 unspecified atom stereocenters. The Bertz CT molecular complexity index is 410. The van der Waals surface area contributed by atoms with Crippen LogP contribution < -0.4 is 0 Å². The predicted octanol–water partition coefficient (Wildman–Crippen LogP) is 8.79. The van der Waals surface area contributed by atoms with E-state index in [0.29, 0.717) is 0 Å². The van der Waals surface area contributed by atoms with Crippen molar-refractivity contribution in [2.45, 2.75) is 129 Å². The van der Waals surface area contributed by atoms with Crippen LogP contribution in [0.25, 0.3) is 0 Å². The van der Waals surface area contributed by atoms with Crippen molar-refractivity contribution in [1.29, 1.82) is 0 Å². The topological polar surface area (TPSA) is 0 Å². The van der Waals surface area contributed by atoms with Crippen LogP contribution in [0.4, 0.5) is 0 Å². The first-order valence-corrected chi connectivity index (χ1v) is 13.3. The van der Waals surface area contributed by atoms with E-state index in [2.05, 4.69) is 6.92 Å². The Morgan fingerprint density at radius 1 is 0.519 bits per heavy atom. The second-order valence-electron chi connectivity index (χ2n) is 11.3. The maximum atomic E-state index is 2.36. The molecule has 0 amide bonds. The van der Waals surface area contributed by atoms with Gasteiger partial charge in [0.1, 0.15) is 0 Å². The van der Waals surface area contributed by atoms with E-state index >= 15 is 0 Å². The lowest BCUT2D eigenvalue weighted by Crippen LogP contribution is -2.40. The standard InChI is InChI=1S/C27H48/c1-2-3-6-10-26-23-16-18-24(19-17-23)27(26)11-8-5-4-7-9-25-20-21-12-14-22(25)15-13-21/h21-27H,2-20H2,1H3. The lowest BCUT2D eigenvalue weighted by Gasteiger charge is -2.49. The van der Waals surface area contributed by atoms with Crippen LogP contribution in [-0.4, -0.2) is 0 Å². The lowest BCUT2D eigenvalue weighted by molar-refractivity contribution is 0.0107. The fourth-order valence-electron chi connectivity index (χ4n) is 8.24. The van der Waals surface area contributed by atoms with Gasteiger partial charge in [0.05, 0.1) is 0 Å². The van der Waals surface area contributed by atoms with E-state index < -0.39 is 0 Å². The molecule has 0 heteroatoms. The molecular formula is C27H48. The van der Waals surface area contributed by atoms with Gasteiger partial charge < -0.3 is 0 Å². The van der Waals surface area contributed by atoms with Gasteiger partial charge in [-0.05, 0) is 99.2 Å². The fourth-order valence-corrected chi connectivity index (χ4v) is 8.24. The first-order chi connectivity index (χ1) is 13.3. The van der Waals surface area contributed by atoms with Gasteiger partial charge in [0.25, 0.3) is 0 Å². The van der Waals surface area contributed by atoms with E-state index in [0.717, 1.165) is 41.4 Å². The zero-order valence-electron chi connectivity index (χ0n) is 18.5. The minimum absolute atomic E-state index is 1.12. The average molecular weight is 373 g/mol. The van der Waals surface area contributed by atoms with Gasteiger partial charge >= 0.3 is 0 Å². The first-order valence-electron chi connectivity index (χ1n) is 13.3. The zero-order valence-corrected chi connectivity index (χ0v) is 18.5. The van der Waals surface area contributed by atoms with Gasteiger partial charge in [-0.15, -0.1) is 0 Å². The SMILES string of the molecule is CCCCCC1C2CCC(CC2)C1CCCCCCC1CC2CCC1CC2. The number of hydrogen-bond acceptors (Lipinski definition) is 0. The third kappa shape index (κ3) is 5.14. The zero-order chi connectivity index (χ0) is 18.5. The second-order valence-corrected chi connectivity index (χ2v) is 11.3. The van der Waals surface area contributed by atoms with Crippen LogP contribution in [0, 0.1) is 41.4 Å². The molecule has 0 aromatic rings. The summed E-state index contributed by atoms with van der Waals surface area (Å²) in [6.45, 7) is 2.36.